The van der Waals surface area contributed by atoms with Gasteiger partial charge in [-0.15, -0.1) is 0 Å². The molecule has 3 N–H and O–H groups in total. The Balaban J connectivity index is 0.00000155. The Bertz CT molecular complexity index is 955. The summed E-state index contributed by atoms with van der Waals surface area (Å²) in [6, 6.07) is 6.96. The van der Waals surface area contributed by atoms with E-state index in [4.69, 9.17) is 9.62 Å². The molecule has 0 fully saturated rings. The van der Waals surface area contributed by atoms with Crippen LogP contribution in [0.25, 0.3) is 11.3 Å². The quantitative estimate of drug-likeness (QED) is 0.385. The molecule has 0 saturated carbocycles. The van der Waals surface area contributed by atoms with E-state index in [1.807, 2.05) is 13.8 Å². The van der Waals surface area contributed by atoms with Crippen molar-refractivity contribution in [2.45, 2.75) is 20.0 Å². The van der Waals surface area contributed by atoms with Gasteiger partial charge in [0.1, 0.15) is 5.82 Å². The van der Waals surface area contributed by atoms with Gasteiger partial charge in [-0.2, -0.15) is 13.2 Å². The molecule has 3 aromatic rings. The van der Waals surface area contributed by atoms with Crippen molar-refractivity contribution in [1.29, 1.82) is 0 Å². The number of benzene rings is 1. The molecule has 0 bridgehead atoms. The normalized spacial score (nSPS) is 10.6. The molecule has 0 aliphatic heterocycles. The third-order valence-corrected chi connectivity index (χ3v) is 3.55. The van der Waals surface area contributed by atoms with Crippen LogP contribution in [-0.4, -0.2) is 33.3 Å². The number of hydrogen-bond donors (Lipinski definition) is 3. The molecule has 0 radical (unpaired) electrons. The van der Waals surface area contributed by atoms with E-state index in [-0.39, 0.29) is 11.8 Å². The molecule has 11 heteroatoms. The fourth-order valence-electron chi connectivity index (χ4n) is 2.14. The number of nitrogens with one attached hydrogen (secondary N) is 2. The zero-order valence-corrected chi connectivity index (χ0v) is 16.4. The average molecular weight is 423 g/mol. The average Bonchev–Trinajstić information content (AvgIpc) is 3.19. The third kappa shape index (κ3) is 5.95. The summed E-state index contributed by atoms with van der Waals surface area (Å²) in [5.74, 6) is 0.508. The van der Waals surface area contributed by atoms with Crippen molar-refractivity contribution in [2.75, 3.05) is 17.7 Å². The van der Waals surface area contributed by atoms with Crippen molar-refractivity contribution in [3.63, 3.8) is 0 Å². The van der Waals surface area contributed by atoms with Crippen LogP contribution in [0.1, 0.15) is 19.4 Å². The molecule has 2 amide bonds. The first-order valence-corrected chi connectivity index (χ1v) is 8.82. The lowest BCUT2D eigenvalue weighted by Crippen LogP contribution is -2.28. The second-order valence-corrected chi connectivity index (χ2v) is 5.62. The fourth-order valence-corrected chi connectivity index (χ4v) is 2.14. The first-order valence-electron chi connectivity index (χ1n) is 8.82. The van der Waals surface area contributed by atoms with Crippen LogP contribution in [0.4, 0.5) is 35.5 Å². The van der Waals surface area contributed by atoms with Gasteiger partial charge in [-0.25, -0.2) is 19.8 Å². The number of oxazole rings is 1. The van der Waals surface area contributed by atoms with E-state index >= 15 is 0 Å². The number of halogens is 3. The lowest BCUT2D eigenvalue weighted by atomic mass is 10.1. The molecule has 0 atom stereocenters. The Morgan fingerprint density at radius 1 is 1.07 bits per heavy atom. The van der Waals surface area contributed by atoms with Crippen LogP contribution < -0.4 is 10.6 Å². The van der Waals surface area contributed by atoms with E-state index in [9.17, 15) is 18.0 Å². The van der Waals surface area contributed by atoms with Crippen molar-refractivity contribution in [3.8, 4) is 11.3 Å². The van der Waals surface area contributed by atoms with Crippen LogP contribution in [0.3, 0.4) is 0 Å². The maximum absolute atomic E-state index is 12.6. The fraction of sp³-hybridized carbons (Fsp3) is 0.211. The van der Waals surface area contributed by atoms with Gasteiger partial charge in [0.05, 0.1) is 23.6 Å². The van der Waals surface area contributed by atoms with Gasteiger partial charge < -0.3 is 9.73 Å². The van der Waals surface area contributed by atoms with Gasteiger partial charge in [0.2, 0.25) is 0 Å². The second kappa shape index (κ2) is 9.74. The van der Waals surface area contributed by atoms with Crippen LogP contribution >= 0.6 is 0 Å². The van der Waals surface area contributed by atoms with Gasteiger partial charge in [0, 0.05) is 12.6 Å². The predicted octanol–water partition coefficient (Wildman–Crippen LogP) is 5.38. The molecule has 0 saturated heterocycles. The minimum absolute atomic E-state index is 0.114. The number of alkyl halides is 3. The lowest BCUT2D eigenvalue weighted by molar-refractivity contribution is -0.137. The van der Waals surface area contributed by atoms with E-state index < -0.39 is 17.8 Å². The molecule has 0 spiro atoms. The van der Waals surface area contributed by atoms with Crippen LogP contribution in [-0.2, 0) is 6.18 Å². The number of anilines is 3. The van der Waals surface area contributed by atoms with E-state index in [2.05, 4.69) is 20.6 Å². The van der Waals surface area contributed by atoms with Crippen LogP contribution in [0.5, 0.6) is 0 Å². The lowest BCUT2D eigenvalue weighted by Gasteiger charge is -2.09. The smallest absolute Gasteiger partial charge is 0.416 e. The van der Waals surface area contributed by atoms with Gasteiger partial charge >= 0.3 is 12.2 Å². The summed E-state index contributed by atoms with van der Waals surface area (Å²) in [7, 11) is 1.17. The zero-order valence-electron chi connectivity index (χ0n) is 16.4. The topological polar surface area (TPSA) is 104 Å². The molecule has 3 rings (SSSR count). The number of amides is 2. The molecule has 2 heterocycles. The molecule has 1 aromatic carbocycles. The summed E-state index contributed by atoms with van der Waals surface area (Å²) in [4.78, 5) is 19.3. The predicted molar refractivity (Wildman–Crippen MR) is 104 cm³/mol. The summed E-state index contributed by atoms with van der Waals surface area (Å²) < 4.78 is 43.3. The van der Waals surface area contributed by atoms with Gasteiger partial charge in [-0.1, -0.05) is 26.0 Å². The summed E-state index contributed by atoms with van der Waals surface area (Å²) in [5, 5.41) is 14.6. The summed E-state index contributed by atoms with van der Waals surface area (Å²) >= 11 is 0. The molecule has 0 aliphatic rings. The molecular weight excluding hydrogens is 403 g/mol. The minimum Gasteiger partial charge on any atom is -0.423 e. The largest absolute Gasteiger partial charge is 0.423 e. The van der Waals surface area contributed by atoms with E-state index in [0.717, 1.165) is 12.1 Å². The monoisotopic (exact) mass is 423 g/mol. The third-order valence-electron chi connectivity index (χ3n) is 3.55. The van der Waals surface area contributed by atoms with E-state index in [1.165, 1.54) is 37.6 Å². The summed E-state index contributed by atoms with van der Waals surface area (Å²) in [6.45, 7) is 4.00. The summed E-state index contributed by atoms with van der Waals surface area (Å²) in [6.07, 6.45) is -1.63. The van der Waals surface area contributed by atoms with E-state index in [1.54, 1.807) is 6.07 Å². The van der Waals surface area contributed by atoms with Crippen molar-refractivity contribution in [2.24, 2.45) is 0 Å². The highest BCUT2D eigenvalue weighted by atomic mass is 19.4. The van der Waals surface area contributed by atoms with Crippen molar-refractivity contribution < 1.29 is 27.6 Å². The number of hydroxylamine groups is 2. The Hall–Kier alpha value is -3.60. The van der Waals surface area contributed by atoms with Gasteiger partial charge in [-0.05, 0) is 24.3 Å². The number of hydrogen-bond acceptors (Lipinski definition) is 6. The minimum atomic E-state index is -4.40. The first-order chi connectivity index (χ1) is 14.2. The van der Waals surface area contributed by atoms with Crippen molar-refractivity contribution in [3.05, 3.63) is 54.4 Å². The number of carbonyl (C=O) groups excluding carboxylic acids is 1. The molecule has 0 unspecified atom stereocenters. The van der Waals surface area contributed by atoms with Crippen molar-refractivity contribution in [1.82, 2.24) is 15.0 Å². The molecule has 30 heavy (non-hydrogen) atoms. The van der Waals surface area contributed by atoms with Crippen LogP contribution in [0, 0.1) is 0 Å². The van der Waals surface area contributed by atoms with Gasteiger partial charge in [0.25, 0.3) is 6.01 Å². The standard InChI is InChI=1S/C17H14F3N5O3.C2H6/c1-25(27)16(26)24-14-7-6-12(8-21-14)23-15-22-9-13(28-15)10-2-4-11(5-3-10)17(18,19)20;1-2/h2-9,27H,1H3,(H,22,23)(H,21,24,26);1-2H3. The second-order valence-electron chi connectivity index (χ2n) is 5.62. The molecular formula is C19H20F3N5O3. The summed E-state index contributed by atoms with van der Waals surface area (Å²) in [5.41, 5.74) is 0.189. The highest BCUT2D eigenvalue weighted by Gasteiger charge is 2.30. The number of urea groups is 1. The number of pyridine rings is 1. The van der Waals surface area contributed by atoms with Gasteiger partial charge in [0.15, 0.2) is 5.76 Å². The Kier molecular flexibility index (Phi) is 7.37. The first kappa shape index (κ1) is 22.7. The Labute approximate surface area is 170 Å². The zero-order chi connectivity index (χ0) is 22.3. The Morgan fingerprint density at radius 3 is 2.27 bits per heavy atom. The maximum Gasteiger partial charge on any atom is 0.416 e. The number of rotatable bonds is 4. The van der Waals surface area contributed by atoms with Gasteiger partial charge in [-0.3, -0.25) is 10.5 Å². The number of carbonyl (C=O) groups is 1. The molecule has 0 aliphatic carbocycles. The van der Waals surface area contributed by atoms with E-state index in [0.29, 0.717) is 22.1 Å². The van der Waals surface area contributed by atoms with Crippen molar-refractivity contribution >= 4 is 23.6 Å². The number of nitrogens with zero attached hydrogens (tertiary/aromatic N) is 3. The Morgan fingerprint density at radius 2 is 1.73 bits per heavy atom. The highest BCUT2D eigenvalue weighted by molar-refractivity contribution is 5.87. The highest BCUT2D eigenvalue weighted by Crippen LogP contribution is 2.31. The number of aromatic nitrogens is 2. The van der Waals surface area contributed by atoms with Crippen LogP contribution in [0.2, 0.25) is 0 Å². The molecule has 160 valence electrons. The van der Waals surface area contributed by atoms with Crippen LogP contribution in [0.15, 0.2) is 53.2 Å². The molecule has 2 aromatic heterocycles. The SMILES string of the molecule is CC.CN(O)C(=O)Nc1ccc(Nc2ncc(-c3ccc(C(F)(F)F)cc3)o2)cn1. The maximum atomic E-state index is 12.6. The molecule has 8 nitrogen and oxygen atoms in total.